The van der Waals surface area contributed by atoms with E-state index in [1.807, 2.05) is 0 Å². The molecule has 0 bridgehead atoms. The summed E-state index contributed by atoms with van der Waals surface area (Å²) in [6.07, 6.45) is 0. The van der Waals surface area contributed by atoms with Gasteiger partial charge in [-0.3, -0.25) is 0 Å². The minimum absolute atomic E-state index is 0.0405. The molecule has 0 amide bonds. The average Bonchev–Trinajstić information content (AvgIpc) is 2.28. The molecule has 1 nitrogen and oxygen atoms in total. The predicted octanol–water partition coefficient (Wildman–Crippen LogP) is 3.84. The Labute approximate surface area is 100 Å². The largest absolute Gasteiger partial charge is 0.395 e. The Bertz CT molecular complexity index is 557. The van der Waals surface area contributed by atoms with Crippen molar-refractivity contribution in [3.63, 3.8) is 0 Å². The first-order valence-corrected chi connectivity index (χ1v) is 5.56. The van der Waals surface area contributed by atoms with Crippen molar-refractivity contribution in [2.24, 2.45) is 0 Å². The van der Waals surface area contributed by atoms with Crippen molar-refractivity contribution in [1.29, 1.82) is 0 Å². The Morgan fingerprint density at radius 1 is 0.882 bits per heavy atom. The minimum atomic E-state index is -0.696. The number of nitrogens with two attached hydrogens (primary N) is 1. The van der Waals surface area contributed by atoms with E-state index in [0.717, 1.165) is 23.9 Å². The molecular weight excluding hydrogens is 247 g/mol. The molecule has 0 saturated heterocycles. The van der Waals surface area contributed by atoms with Crippen LogP contribution >= 0.6 is 11.8 Å². The monoisotopic (exact) mass is 255 g/mol. The molecule has 5 heteroatoms. The van der Waals surface area contributed by atoms with E-state index in [9.17, 15) is 13.2 Å². The lowest BCUT2D eigenvalue weighted by molar-refractivity contribution is 0.565. The summed E-state index contributed by atoms with van der Waals surface area (Å²) in [5, 5.41) is 0. The van der Waals surface area contributed by atoms with Gasteiger partial charge in [-0.05, 0) is 24.3 Å². The lowest BCUT2D eigenvalue weighted by Gasteiger charge is -2.06. The predicted molar refractivity (Wildman–Crippen MR) is 61.3 cm³/mol. The standard InChI is InChI=1S/C12H8F3NS/c13-7-4-5-10(9(15)6-7)17-11-3-1-2-8(14)12(11)16/h1-6H,16H2. The van der Waals surface area contributed by atoms with Crippen LogP contribution in [0, 0.1) is 17.5 Å². The van der Waals surface area contributed by atoms with Gasteiger partial charge < -0.3 is 5.73 Å². The fourth-order valence-electron chi connectivity index (χ4n) is 1.28. The number of para-hydroxylation sites is 1. The number of rotatable bonds is 2. The smallest absolute Gasteiger partial charge is 0.147 e. The molecule has 2 aromatic carbocycles. The third-order valence-electron chi connectivity index (χ3n) is 2.13. The van der Waals surface area contributed by atoms with Crippen LogP contribution in [0.3, 0.4) is 0 Å². The molecule has 0 atom stereocenters. The molecule has 2 rings (SSSR count). The maximum absolute atomic E-state index is 13.4. The van der Waals surface area contributed by atoms with Crippen LogP contribution in [-0.2, 0) is 0 Å². The van der Waals surface area contributed by atoms with E-state index >= 15 is 0 Å². The van der Waals surface area contributed by atoms with Crippen molar-refractivity contribution in [3.05, 3.63) is 53.8 Å². The number of benzene rings is 2. The second-order valence-corrected chi connectivity index (χ2v) is 4.41. The molecular formula is C12H8F3NS. The van der Waals surface area contributed by atoms with Gasteiger partial charge in [-0.1, -0.05) is 17.8 Å². The van der Waals surface area contributed by atoms with Crippen molar-refractivity contribution < 1.29 is 13.2 Å². The van der Waals surface area contributed by atoms with E-state index < -0.39 is 17.5 Å². The van der Waals surface area contributed by atoms with E-state index in [2.05, 4.69) is 0 Å². The van der Waals surface area contributed by atoms with Gasteiger partial charge in [0, 0.05) is 15.9 Å². The lowest BCUT2D eigenvalue weighted by atomic mass is 10.3. The fourth-order valence-corrected chi connectivity index (χ4v) is 2.17. The Morgan fingerprint density at radius 2 is 1.65 bits per heavy atom. The molecule has 88 valence electrons. The molecule has 0 spiro atoms. The van der Waals surface area contributed by atoms with Crippen LogP contribution in [0.25, 0.3) is 0 Å². The summed E-state index contributed by atoms with van der Waals surface area (Å²) >= 11 is 0.957. The summed E-state index contributed by atoms with van der Waals surface area (Å²) in [5.41, 5.74) is 5.48. The zero-order valence-corrected chi connectivity index (χ0v) is 9.40. The molecule has 0 aromatic heterocycles. The Balaban J connectivity index is 2.35. The highest BCUT2D eigenvalue weighted by Crippen LogP contribution is 2.34. The van der Waals surface area contributed by atoms with Gasteiger partial charge in [0.2, 0.25) is 0 Å². The number of hydrogen-bond acceptors (Lipinski definition) is 2. The minimum Gasteiger partial charge on any atom is -0.395 e. The van der Waals surface area contributed by atoms with Crippen LogP contribution in [0.4, 0.5) is 18.9 Å². The van der Waals surface area contributed by atoms with Crippen LogP contribution in [0.5, 0.6) is 0 Å². The molecule has 2 aromatic rings. The molecule has 17 heavy (non-hydrogen) atoms. The number of anilines is 1. The third kappa shape index (κ3) is 2.55. The summed E-state index contributed by atoms with van der Waals surface area (Å²) in [7, 11) is 0. The Morgan fingerprint density at radius 3 is 2.35 bits per heavy atom. The van der Waals surface area contributed by atoms with Gasteiger partial charge in [0.15, 0.2) is 0 Å². The maximum Gasteiger partial charge on any atom is 0.147 e. The maximum atomic E-state index is 13.4. The van der Waals surface area contributed by atoms with Crippen LogP contribution in [0.1, 0.15) is 0 Å². The topological polar surface area (TPSA) is 26.0 Å². The third-order valence-corrected chi connectivity index (χ3v) is 3.25. The highest BCUT2D eigenvalue weighted by molar-refractivity contribution is 7.99. The number of hydrogen-bond donors (Lipinski definition) is 1. The summed E-state index contributed by atoms with van der Waals surface area (Å²) in [5.74, 6) is -1.91. The first-order valence-electron chi connectivity index (χ1n) is 4.75. The molecule has 0 fully saturated rings. The van der Waals surface area contributed by atoms with E-state index in [4.69, 9.17) is 5.73 Å². The van der Waals surface area contributed by atoms with Crippen LogP contribution in [0.15, 0.2) is 46.2 Å². The van der Waals surface area contributed by atoms with E-state index in [0.29, 0.717) is 4.90 Å². The number of nitrogen functional groups attached to an aromatic ring is 1. The van der Waals surface area contributed by atoms with E-state index in [-0.39, 0.29) is 10.6 Å². The fraction of sp³-hybridized carbons (Fsp3) is 0. The van der Waals surface area contributed by atoms with Gasteiger partial charge in [-0.2, -0.15) is 0 Å². The van der Waals surface area contributed by atoms with Crippen molar-refractivity contribution >= 4 is 17.4 Å². The lowest BCUT2D eigenvalue weighted by Crippen LogP contribution is -1.93. The summed E-state index contributed by atoms with van der Waals surface area (Å²) in [6.45, 7) is 0. The first-order chi connectivity index (χ1) is 8.08. The highest BCUT2D eigenvalue weighted by atomic mass is 32.2. The Hall–Kier alpha value is -1.62. The van der Waals surface area contributed by atoms with Crippen molar-refractivity contribution in [2.75, 3.05) is 5.73 Å². The zero-order valence-electron chi connectivity index (χ0n) is 8.58. The van der Waals surface area contributed by atoms with Crippen molar-refractivity contribution in [1.82, 2.24) is 0 Å². The molecule has 0 heterocycles. The normalized spacial score (nSPS) is 10.5. The average molecular weight is 255 g/mol. The van der Waals surface area contributed by atoms with Crippen molar-refractivity contribution in [2.45, 2.75) is 9.79 Å². The number of halogens is 3. The summed E-state index contributed by atoms with van der Waals surface area (Å²) in [6, 6.07) is 7.49. The zero-order chi connectivity index (χ0) is 12.4. The Kier molecular flexibility index (Phi) is 3.28. The summed E-state index contributed by atoms with van der Waals surface area (Å²) in [4.78, 5) is 0.596. The molecule has 2 N–H and O–H groups in total. The molecule has 0 saturated carbocycles. The van der Waals surface area contributed by atoms with Gasteiger partial charge in [0.05, 0.1) is 5.69 Å². The summed E-state index contributed by atoms with van der Waals surface area (Å²) < 4.78 is 39.2. The molecule has 0 radical (unpaired) electrons. The first kappa shape index (κ1) is 11.9. The van der Waals surface area contributed by atoms with Gasteiger partial charge >= 0.3 is 0 Å². The SMILES string of the molecule is Nc1c(F)cccc1Sc1ccc(F)cc1F. The van der Waals surface area contributed by atoms with Gasteiger partial charge in [-0.15, -0.1) is 0 Å². The second kappa shape index (κ2) is 4.71. The van der Waals surface area contributed by atoms with Crippen LogP contribution in [-0.4, -0.2) is 0 Å². The van der Waals surface area contributed by atoms with Crippen LogP contribution < -0.4 is 5.73 Å². The van der Waals surface area contributed by atoms with Gasteiger partial charge in [-0.25, -0.2) is 13.2 Å². The second-order valence-electron chi connectivity index (χ2n) is 3.33. The highest BCUT2D eigenvalue weighted by Gasteiger charge is 2.09. The van der Waals surface area contributed by atoms with Crippen LogP contribution in [0.2, 0.25) is 0 Å². The van der Waals surface area contributed by atoms with Gasteiger partial charge in [0.1, 0.15) is 17.5 Å². The quantitative estimate of drug-likeness (QED) is 0.825. The molecule has 0 aliphatic rings. The van der Waals surface area contributed by atoms with Crippen molar-refractivity contribution in [3.8, 4) is 0 Å². The molecule has 0 unspecified atom stereocenters. The van der Waals surface area contributed by atoms with E-state index in [1.165, 1.54) is 18.2 Å². The molecule has 0 aliphatic carbocycles. The van der Waals surface area contributed by atoms with Gasteiger partial charge in [0.25, 0.3) is 0 Å². The van der Waals surface area contributed by atoms with E-state index in [1.54, 1.807) is 6.07 Å². The molecule has 0 aliphatic heterocycles.